The summed E-state index contributed by atoms with van der Waals surface area (Å²) in [5, 5.41) is 7.66. The average molecular weight is 181 g/mol. The molecule has 1 unspecified atom stereocenters. The van der Waals surface area contributed by atoms with Gasteiger partial charge in [-0.3, -0.25) is 4.68 Å². The van der Waals surface area contributed by atoms with Crippen LogP contribution in [0.5, 0.6) is 0 Å². The molecule has 0 aromatic carbocycles. The normalized spacial score (nSPS) is 13.2. The van der Waals surface area contributed by atoms with Crippen LogP contribution in [0.15, 0.2) is 12.4 Å². The lowest BCUT2D eigenvalue weighted by molar-refractivity contribution is 0.416. The molecule has 1 heterocycles. The fourth-order valence-corrected chi connectivity index (χ4v) is 1.37. The van der Waals surface area contributed by atoms with Crippen LogP contribution in [-0.2, 0) is 0 Å². The first kappa shape index (κ1) is 10.3. The lowest BCUT2D eigenvalue weighted by Crippen LogP contribution is -2.25. The van der Waals surface area contributed by atoms with Gasteiger partial charge in [-0.2, -0.15) is 5.10 Å². The third-order valence-electron chi connectivity index (χ3n) is 2.21. The molecule has 3 nitrogen and oxygen atoms in total. The van der Waals surface area contributed by atoms with E-state index in [1.54, 1.807) is 0 Å². The molecule has 0 aliphatic rings. The summed E-state index contributed by atoms with van der Waals surface area (Å²) in [4.78, 5) is 0. The van der Waals surface area contributed by atoms with Gasteiger partial charge in [0.2, 0.25) is 0 Å². The molecule has 0 radical (unpaired) electrons. The van der Waals surface area contributed by atoms with Crippen LogP contribution in [0.2, 0.25) is 0 Å². The molecule has 1 aromatic heterocycles. The van der Waals surface area contributed by atoms with Crippen molar-refractivity contribution in [1.82, 2.24) is 15.1 Å². The maximum absolute atomic E-state index is 4.32. The Labute approximate surface area is 80.1 Å². The van der Waals surface area contributed by atoms with Crippen molar-refractivity contribution in [2.75, 3.05) is 13.1 Å². The minimum absolute atomic E-state index is 0.494. The predicted octanol–water partition coefficient (Wildman–Crippen LogP) is 1.75. The van der Waals surface area contributed by atoms with Crippen LogP contribution in [0.4, 0.5) is 0 Å². The number of hydrogen-bond acceptors (Lipinski definition) is 2. The van der Waals surface area contributed by atoms with Crippen LogP contribution in [0.1, 0.15) is 31.9 Å². The average Bonchev–Trinajstić information content (AvgIpc) is 2.54. The van der Waals surface area contributed by atoms with E-state index in [1.807, 2.05) is 6.20 Å². The zero-order chi connectivity index (χ0) is 9.68. The van der Waals surface area contributed by atoms with E-state index in [4.69, 9.17) is 0 Å². The number of aromatic nitrogens is 2. The van der Waals surface area contributed by atoms with Gasteiger partial charge in [-0.15, -0.1) is 0 Å². The maximum atomic E-state index is 4.32. The summed E-state index contributed by atoms with van der Waals surface area (Å²) in [7, 11) is 0. The van der Waals surface area contributed by atoms with E-state index in [9.17, 15) is 0 Å². The lowest BCUT2D eigenvalue weighted by Gasteiger charge is -2.15. The van der Waals surface area contributed by atoms with Gasteiger partial charge in [0, 0.05) is 12.7 Å². The topological polar surface area (TPSA) is 29.9 Å². The van der Waals surface area contributed by atoms with E-state index in [2.05, 4.69) is 42.1 Å². The highest BCUT2D eigenvalue weighted by Crippen LogP contribution is 2.09. The highest BCUT2D eigenvalue weighted by molar-refractivity contribution is 5.00. The molecule has 1 atom stereocenters. The Hall–Kier alpha value is -0.830. The minimum atomic E-state index is 0.494. The Morgan fingerprint density at radius 1 is 1.54 bits per heavy atom. The largest absolute Gasteiger partial charge is 0.315 e. The van der Waals surface area contributed by atoms with E-state index >= 15 is 0 Å². The number of hydrogen-bond donors (Lipinski definition) is 1. The molecule has 1 N–H and O–H groups in total. The van der Waals surface area contributed by atoms with E-state index in [0.29, 0.717) is 6.04 Å². The molecule has 0 spiro atoms. The summed E-state index contributed by atoms with van der Waals surface area (Å²) in [6.07, 6.45) is 5.13. The summed E-state index contributed by atoms with van der Waals surface area (Å²) in [5.41, 5.74) is 1.23. The third kappa shape index (κ3) is 2.84. The highest BCUT2D eigenvalue weighted by atomic mass is 15.3. The molecule has 0 aliphatic carbocycles. The first-order chi connectivity index (χ1) is 6.27. The first-order valence-electron chi connectivity index (χ1n) is 4.99. The van der Waals surface area contributed by atoms with Crippen molar-refractivity contribution in [3.8, 4) is 0 Å². The third-order valence-corrected chi connectivity index (χ3v) is 2.21. The minimum Gasteiger partial charge on any atom is -0.315 e. The van der Waals surface area contributed by atoms with Gasteiger partial charge >= 0.3 is 0 Å². The van der Waals surface area contributed by atoms with Crippen molar-refractivity contribution in [1.29, 1.82) is 0 Å². The van der Waals surface area contributed by atoms with Crippen molar-refractivity contribution >= 4 is 0 Å². The van der Waals surface area contributed by atoms with Gasteiger partial charge in [-0.25, -0.2) is 0 Å². The van der Waals surface area contributed by atoms with Crippen LogP contribution >= 0.6 is 0 Å². The molecule has 0 amide bonds. The van der Waals surface area contributed by atoms with Crippen molar-refractivity contribution in [3.05, 3.63) is 18.0 Å². The van der Waals surface area contributed by atoms with E-state index in [0.717, 1.165) is 19.5 Å². The van der Waals surface area contributed by atoms with Gasteiger partial charge in [0.05, 0.1) is 12.2 Å². The monoisotopic (exact) mass is 181 g/mol. The van der Waals surface area contributed by atoms with E-state index < -0.39 is 0 Å². The van der Waals surface area contributed by atoms with Gasteiger partial charge in [-0.1, -0.05) is 13.8 Å². The zero-order valence-electron chi connectivity index (χ0n) is 8.75. The smallest absolute Gasteiger partial charge is 0.0641 e. The van der Waals surface area contributed by atoms with Crippen LogP contribution in [0, 0.1) is 6.92 Å². The Balaban J connectivity index is 2.56. The second-order valence-electron chi connectivity index (χ2n) is 3.37. The zero-order valence-corrected chi connectivity index (χ0v) is 8.75. The lowest BCUT2D eigenvalue weighted by atomic mass is 10.2. The van der Waals surface area contributed by atoms with E-state index in [1.165, 1.54) is 5.56 Å². The van der Waals surface area contributed by atoms with Gasteiger partial charge in [0.25, 0.3) is 0 Å². The highest BCUT2D eigenvalue weighted by Gasteiger charge is 2.07. The number of nitrogens with zero attached hydrogens (tertiary/aromatic N) is 2. The molecule has 3 heteroatoms. The van der Waals surface area contributed by atoms with E-state index in [-0.39, 0.29) is 0 Å². The van der Waals surface area contributed by atoms with Crippen molar-refractivity contribution in [2.24, 2.45) is 0 Å². The molecule has 74 valence electrons. The summed E-state index contributed by atoms with van der Waals surface area (Å²) in [6, 6.07) is 0.494. The SMILES string of the molecule is CCNCC(CC)n1cc(C)cn1. The van der Waals surface area contributed by atoms with Gasteiger partial charge < -0.3 is 5.32 Å². The number of aryl methyl sites for hydroxylation is 1. The molecule has 0 fully saturated rings. The number of nitrogens with one attached hydrogen (secondary N) is 1. The molecule has 1 aromatic rings. The van der Waals surface area contributed by atoms with Crippen LogP contribution in [-0.4, -0.2) is 22.9 Å². The fraction of sp³-hybridized carbons (Fsp3) is 0.700. The summed E-state index contributed by atoms with van der Waals surface area (Å²) in [6.45, 7) is 8.43. The molecule has 1 rings (SSSR count). The number of likely N-dealkylation sites (N-methyl/N-ethyl adjacent to an activating group) is 1. The molecule has 0 bridgehead atoms. The number of rotatable bonds is 5. The standard InChI is InChI=1S/C10H19N3/c1-4-10(7-11-5-2)13-8-9(3)6-12-13/h6,8,10-11H,4-5,7H2,1-3H3. The summed E-state index contributed by atoms with van der Waals surface area (Å²) < 4.78 is 2.05. The molecule has 13 heavy (non-hydrogen) atoms. The van der Waals surface area contributed by atoms with Gasteiger partial charge in [0.15, 0.2) is 0 Å². The quantitative estimate of drug-likeness (QED) is 0.750. The van der Waals surface area contributed by atoms with Crippen LogP contribution < -0.4 is 5.32 Å². The Morgan fingerprint density at radius 3 is 2.77 bits per heavy atom. The molecular formula is C10H19N3. The molecule has 0 saturated carbocycles. The predicted molar refractivity (Wildman–Crippen MR) is 54.8 cm³/mol. The van der Waals surface area contributed by atoms with Crippen LogP contribution in [0.25, 0.3) is 0 Å². The molecule has 0 saturated heterocycles. The van der Waals surface area contributed by atoms with Crippen molar-refractivity contribution < 1.29 is 0 Å². The van der Waals surface area contributed by atoms with Gasteiger partial charge in [0.1, 0.15) is 0 Å². The summed E-state index contributed by atoms with van der Waals surface area (Å²) >= 11 is 0. The van der Waals surface area contributed by atoms with Crippen molar-refractivity contribution in [3.63, 3.8) is 0 Å². The Kier molecular flexibility index (Phi) is 3.96. The Morgan fingerprint density at radius 2 is 2.31 bits per heavy atom. The second-order valence-corrected chi connectivity index (χ2v) is 3.37. The van der Waals surface area contributed by atoms with Gasteiger partial charge in [-0.05, 0) is 25.5 Å². The van der Waals surface area contributed by atoms with Crippen LogP contribution in [0.3, 0.4) is 0 Å². The molecule has 0 aliphatic heterocycles. The fourth-order valence-electron chi connectivity index (χ4n) is 1.37. The van der Waals surface area contributed by atoms with Crippen molar-refractivity contribution in [2.45, 2.75) is 33.2 Å². The second kappa shape index (κ2) is 5.02. The maximum Gasteiger partial charge on any atom is 0.0641 e. The Bertz CT molecular complexity index is 242. The molecular weight excluding hydrogens is 162 g/mol. The first-order valence-corrected chi connectivity index (χ1v) is 4.99. The summed E-state index contributed by atoms with van der Waals surface area (Å²) in [5.74, 6) is 0.